The Morgan fingerprint density at radius 2 is 1.95 bits per heavy atom. The molecule has 0 bridgehead atoms. The van der Waals surface area contributed by atoms with E-state index in [1.165, 1.54) is 0 Å². The quantitative estimate of drug-likeness (QED) is 0.753. The Bertz CT molecular complexity index is 434. The summed E-state index contributed by atoms with van der Waals surface area (Å²) in [6.45, 7) is 4.50. The number of benzene rings is 1. The fourth-order valence-corrected chi connectivity index (χ4v) is 2.04. The van der Waals surface area contributed by atoms with Gasteiger partial charge in [-0.25, -0.2) is 0 Å². The molecule has 0 amide bonds. The molecule has 0 aliphatic heterocycles. The summed E-state index contributed by atoms with van der Waals surface area (Å²) >= 11 is 0. The molecule has 5 nitrogen and oxygen atoms in total. The van der Waals surface area contributed by atoms with Crippen LogP contribution in [0.15, 0.2) is 18.2 Å². The summed E-state index contributed by atoms with van der Waals surface area (Å²) in [4.78, 5) is 12.7. The molecule has 112 valence electrons. The van der Waals surface area contributed by atoms with Crippen molar-refractivity contribution in [3.8, 4) is 11.5 Å². The lowest BCUT2D eigenvalue weighted by atomic mass is 10.1. The van der Waals surface area contributed by atoms with Crippen LogP contribution in [0.3, 0.4) is 0 Å². The van der Waals surface area contributed by atoms with Crippen molar-refractivity contribution in [1.82, 2.24) is 4.90 Å². The van der Waals surface area contributed by atoms with Crippen LogP contribution in [-0.2, 0) is 11.3 Å². The van der Waals surface area contributed by atoms with E-state index in [1.807, 2.05) is 18.2 Å². The molecule has 0 aliphatic carbocycles. The fourth-order valence-electron chi connectivity index (χ4n) is 2.04. The molecule has 0 radical (unpaired) electrons. The molecule has 1 aromatic rings. The van der Waals surface area contributed by atoms with E-state index in [9.17, 15) is 4.79 Å². The maximum Gasteiger partial charge on any atom is 0.303 e. The van der Waals surface area contributed by atoms with E-state index in [-0.39, 0.29) is 6.42 Å². The molecule has 0 heterocycles. The molecule has 0 unspecified atom stereocenters. The van der Waals surface area contributed by atoms with Gasteiger partial charge in [0.1, 0.15) is 0 Å². The maximum atomic E-state index is 10.5. The lowest BCUT2D eigenvalue weighted by Gasteiger charge is -2.20. The van der Waals surface area contributed by atoms with Gasteiger partial charge in [-0.1, -0.05) is 13.0 Å². The Labute approximate surface area is 120 Å². The molecule has 0 spiro atoms. The Kier molecular flexibility index (Phi) is 6.87. The average molecular weight is 281 g/mol. The topological polar surface area (TPSA) is 59.0 Å². The number of rotatable bonds is 9. The number of aliphatic carboxylic acids is 1. The standard InChI is InChI=1S/C15H23NO4/c1-4-16(9-5-6-15(17)18)11-12-7-8-13(19-2)14(10-12)20-3/h7-8,10H,4-6,9,11H2,1-3H3,(H,17,18). The zero-order valence-corrected chi connectivity index (χ0v) is 12.4. The van der Waals surface area contributed by atoms with Gasteiger partial charge in [-0.2, -0.15) is 0 Å². The van der Waals surface area contributed by atoms with Crippen molar-refractivity contribution >= 4 is 5.97 Å². The number of ether oxygens (including phenoxy) is 2. The molecule has 0 saturated carbocycles. The molecule has 0 saturated heterocycles. The van der Waals surface area contributed by atoms with Crippen LogP contribution in [0.4, 0.5) is 0 Å². The van der Waals surface area contributed by atoms with Gasteiger partial charge >= 0.3 is 5.97 Å². The third-order valence-corrected chi connectivity index (χ3v) is 3.17. The molecule has 0 aliphatic rings. The van der Waals surface area contributed by atoms with Crippen molar-refractivity contribution < 1.29 is 19.4 Å². The van der Waals surface area contributed by atoms with Crippen LogP contribution < -0.4 is 9.47 Å². The van der Waals surface area contributed by atoms with Crippen LogP contribution >= 0.6 is 0 Å². The first kappa shape index (κ1) is 16.3. The monoisotopic (exact) mass is 281 g/mol. The van der Waals surface area contributed by atoms with Crippen LogP contribution in [0.25, 0.3) is 0 Å². The first-order valence-corrected chi connectivity index (χ1v) is 6.75. The smallest absolute Gasteiger partial charge is 0.303 e. The molecule has 0 aromatic heterocycles. The van der Waals surface area contributed by atoms with E-state index < -0.39 is 5.97 Å². The molecular weight excluding hydrogens is 258 g/mol. The van der Waals surface area contributed by atoms with Gasteiger partial charge in [-0.05, 0) is 37.2 Å². The second-order valence-corrected chi connectivity index (χ2v) is 4.56. The predicted molar refractivity (Wildman–Crippen MR) is 77.4 cm³/mol. The number of nitrogens with zero attached hydrogens (tertiary/aromatic N) is 1. The van der Waals surface area contributed by atoms with E-state index in [1.54, 1.807) is 14.2 Å². The molecule has 0 fully saturated rings. The summed E-state index contributed by atoms with van der Waals surface area (Å²) < 4.78 is 10.5. The zero-order chi connectivity index (χ0) is 15.0. The van der Waals surface area contributed by atoms with Crippen molar-refractivity contribution in [2.45, 2.75) is 26.3 Å². The normalized spacial score (nSPS) is 10.6. The van der Waals surface area contributed by atoms with Crippen LogP contribution in [0.1, 0.15) is 25.3 Å². The number of carbonyl (C=O) groups is 1. The summed E-state index contributed by atoms with van der Waals surface area (Å²) in [5, 5.41) is 8.67. The van der Waals surface area contributed by atoms with Gasteiger partial charge in [0.05, 0.1) is 14.2 Å². The largest absolute Gasteiger partial charge is 0.493 e. The summed E-state index contributed by atoms with van der Waals surface area (Å²) in [5.74, 6) is 0.684. The number of hydrogen-bond acceptors (Lipinski definition) is 4. The van der Waals surface area contributed by atoms with Crippen LogP contribution in [0.5, 0.6) is 11.5 Å². The summed E-state index contributed by atoms with van der Waals surface area (Å²) in [6, 6.07) is 5.85. The number of carboxylic acids is 1. The highest BCUT2D eigenvalue weighted by molar-refractivity contribution is 5.66. The third kappa shape index (κ3) is 5.09. The van der Waals surface area contributed by atoms with E-state index in [2.05, 4.69) is 11.8 Å². The molecule has 0 atom stereocenters. The van der Waals surface area contributed by atoms with Gasteiger partial charge in [-0.3, -0.25) is 9.69 Å². The Hall–Kier alpha value is -1.75. The number of hydrogen-bond donors (Lipinski definition) is 1. The van der Waals surface area contributed by atoms with E-state index in [0.717, 1.165) is 25.2 Å². The predicted octanol–water partition coefficient (Wildman–Crippen LogP) is 2.39. The van der Waals surface area contributed by atoms with E-state index >= 15 is 0 Å². The average Bonchev–Trinajstić information content (AvgIpc) is 2.45. The van der Waals surface area contributed by atoms with Crippen LogP contribution in [0.2, 0.25) is 0 Å². The Morgan fingerprint density at radius 3 is 2.50 bits per heavy atom. The second kappa shape index (κ2) is 8.43. The van der Waals surface area contributed by atoms with Gasteiger partial charge in [0.25, 0.3) is 0 Å². The zero-order valence-electron chi connectivity index (χ0n) is 12.4. The minimum atomic E-state index is -0.743. The summed E-state index contributed by atoms with van der Waals surface area (Å²) in [6.07, 6.45) is 0.874. The second-order valence-electron chi connectivity index (χ2n) is 4.56. The van der Waals surface area contributed by atoms with Crippen molar-refractivity contribution in [2.75, 3.05) is 27.3 Å². The third-order valence-electron chi connectivity index (χ3n) is 3.17. The Balaban J connectivity index is 2.62. The van der Waals surface area contributed by atoms with Crippen molar-refractivity contribution in [2.24, 2.45) is 0 Å². The number of carboxylic acid groups (broad SMARTS) is 1. The lowest BCUT2D eigenvalue weighted by Crippen LogP contribution is -2.24. The molecular formula is C15H23NO4. The van der Waals surface area contributed by atoms with E-state index in [4.69, 9.17) is 14.6 Å². The SMILES string of the molecule is CCN(CCCC(=O)O)Cc1ccc(OC)c(OC)c1. The highest BCUT2D eigenvalue weighted by Crippen LogP contribution is 2.28. The molecule has 1 rings (SSSR count). The minimum absolute atomic E-state index is 0.211. The van der Waals surface area contributed by atoms with Crippen LogP contribution in [0, 0.1) is 0 Å². The first-order chi connectivity index (χ1) is 9.60. The number of methoxy groups -OCH3 is 2. The van der Waals surface area contributed by atoms with Crippen LogP contribution in [-0.4, -0.2) is 43.3 Å². The van der Waals surface area contributed by atoms with E-state index in [0.29, 0.717) is 17.9 Å². The van der Waals surface area contributed by atoms with Crippen molar-refractivity contribution in [3.05, 3.63) is 23.8 Å². The molecule has 5 heteroatoms. The molecule has 1 aromatic carbocycles. The summed E-state index contributed by atoms with van der Waals surface area (Å²) in [5.41, 5.74) is 1.12. The van der Waals surface area contributed by atoms with Crippen molar-refractivity contribution in [1.29, 1.82) is 0 Å². The molecule has 1 N–H and O–H groups in total. The highest BCUT2D eigenvalue weighted by atomic mass is 16.5. The highest BCUT2D eigenvalue weighted by Gasteiger charge is 2.08. The van der Waals surface area contributed by atoms with Gasteiger partial charge in [0, 0.05) is 13.0 Å². The minimum Gasteiger partial charge on any atom is -0.493 e. The van der Waals surface area contributed by atoms with Gasteiger partial charge in [-0.15, -0.1) is 0 Å². The lowest BCUT2D eigenvalue weighted by molar-refractivity contribution is -0.137. The van der Waals surface area contributed by atoms with Gasteiger partial charge in [0.2, 0.25) is 0 Å². The summed E-state index contributed by atoms with van der Waals surface area (Å²) in [7, 11) is 3.23. The molecule has 20 heavy (non-hydrogen) atoms. The maximum absolute atomic E-state index is 10.5. The fraction of sp³-hybridized carbons (Fsp3) is 0.533. The Morgan fingerprint density at radius 1 is 1.25 bits per heavy atom. The van der Waals surface area contributed by atoms with Gasteiger partial charge in [0.15, 0.2) is 11.5 Å². The first-order valence-electron chi connectivity index (χ1n) is 6.75. The van der Waals surface area contributed by atoms with Crippen molar-refractivity contribution in [3.63, 3.8) is 0 Å². The van der Waals surface area contributed by atoms with Gasteiger partial charge < -0.3 is 14.6 Å².